The van der Waals surface area contributed by atoms with E-state index in [0.717, 1.165) is 11.8 Å². The molecule has 0 aromatic heterocycles. The Labute approximate surface area is 133 Å². The van der Waals surface area contributed by atoms with Gasteiger partial charge in [-0.1, -0.05) is 24.8 Å². The molecule has 1 aliphatic heterocycles. The minimum absolute atomic E-state index is 0. The van der Waals surface area contributed by atoms with Gasteiger partial charge in [0.2, 0.25) is 0 Å². The molecule has 1 aliphatic rings. The number of nitro groups is 1. The van der Waals surface area contributed by atoms with Crippen molar-refractivity contribution in [2.45, 2.75) is 42.6 Å². The summed E-state index contributed by atoms with van der Waals surface area (Å²) >= 11 is 0.932. The second-order valence-electron chi connectivity index (χ2n) is 4.49. The maximum absolute atomic E-state index is 11.4. The first-order chi connectivity index (χ1) is 7.45. The summed E-state index contributed by atoms with van der Waals surface area (Å²) in [6.07, 6.45) is 1.28. The second kappa shape index (κ2) is 5.41. The van der Waals surface area contributed by atoms with E-state index < -0.39 is 29.9 Å². The average Bonchev–Trinajstić information content (AvgIpc) is 2.12. The van der Waals surface area contributed by atoms with E-state index in [1.807, 2.05) is 0 Å². The Morgan fingerprint density at radius 3 is 2.28 bits per heavy atom. The molecule has 0 radical (unpaired) electrons. The van der Waals surface area contributed by atoms with Crippen LogP contribution in [0.25, 0.3) is 0 Å². The molecule has 0 spiro atoms. The van der Waals surface area contributed by atoms with E-state index in [9.17, 15) is 23.1 Å². The number of hydrogen-bond acceptors (Lipinski definition) is 5. The monoisotopic (exact) mass is 305 g/mol. The summed E-state index contributed by atoms with van der Waals surface area (Å²) in [5.41, 5.74) is 0.325. The van der Waals surface area contributed by atoms with E-state index in [-0.39, 0.29) is 29.6 Å². The van der Waals surface area contributed by atoms with Gasteiger partial charge in [0.1, 0.15) is 4.75 Å². The molecule has 1 N–H and O–H groups in total. The van der Waals surface area contributed by atoms with Crippen LogP contribution in [0.3, 0.4) is 0 Å². The van der Waals surface area contributed by atoms with Crippen LogP contribution in [0.1, 0.15) is 27.7 Å². The van der Waals surface area contributed by atoms with Crippen molar-refractivity contribution in [2.24, 2.45) is 0 Å². The van der Waals surface area contributed by atoms with Gasteiger partial charge in [-0.05, 0) is 13.8 Å². The zero-order valence-corrected chi connectivity index (χ0v) is 11.6. The van der Waals surface area contributed by atoms with Crippen molar-refractivity contribution in [3.63, 3.8) is 0 Å². The van der Waals surface area contributed by atoms with Gasteiger partial charge < -0.3 is 0 Å². The topological polar surface area (TPSA) is 97.5 Å². The number of nitrogens with zero attached hydrogens (tertiary/aromatic N) is 1. The minimum atomic E-state index is -4.30. The Morgan fingerprint density at radius 1 is 1.50 bits per heavy atom. The predicted molar refractivity (Wildman–Crippen MR) is 73.3 cm³/mol. The molecule has 9 heteroatoms. The molecule has 3 unspecified atom stereocenters. The molecule has 0 bridgehead atoms. The normalized spacial score (nSPS) is 36.5. The summed E-state index contributed by atoms with van der Waals surface area (Å²) in [6, 6.07) is 0. The van der Waals surface area contributed by atoms with Gasteiger partial charge in [0.05, 0.1) is 0 Å². The van der Waals surface area contributed by atoms with Crippen LogP contribution in [0.2, 0.25) is 0 Å². The molecule has 0 aromatic carbocycles. The molecule has 0 saturated heterocycles. The van der Waals surface area contributed by atoms with Gasteiger partial charge in [-0.3, -0.25) is 14.7 Å². The van der Waals surface area contributed by atoms with Crippen LogP contribution in [-0.4, -0.2) is 62.3 Å². The third-order valence-corrected chi connectivity index (χ3v) is 6.86. The van der Waals surface area contributed by atoms with Gasteiger partial charge in [0.25, 0.3) is 15.0 Å². The fraction of sp³-hybridized carbons (Fsp3) is 0.778. The molecule has 0 aliphatic carbocycles. The fourth-order valence-corrected chi connectivity index (χ4v) is 4.28. The van der Waals surface area contributed by atoms with Crippen molar-refractivity contribution in [3.8, 4) is 0 Å². The van der Waals surface area contributed by atoms with Crippen LogP contribution >= 0.6 is 11.8 Å². The first kappa shape index (κ1) is 18.4. The van der Waals surface area contributed by atoms with Crippen LogP contribution < -0.4 is 0 Å². The summed E-state index contributed by atoms with van der Waals surface area (Å²) in [4.78, 5) is 9.24. The Morgan fingerprint density at radius 2 is 1.94 bits per heavy atom. The quantitative estimate of drug-likeness (QED) is 0.269. The van der Waals surface area contributed by atoms with Gasteiger partial charge in [-0.25, -0.2) is 0 Å². The second-order valence-corrected chi connectivity index (χ2v) is 8.05. The molecule has 100 valence electrons. The molecule has 1 rings (SSSR count). The van der Waals surface area contributed by atoms with Crippen LogP contribution in [0.4, 0.5) is 0 Å². The van der Waals surface area contributed by atoms with Gasteiger partial charge >= 0.3 is 29.6 Å². The van der Waals surface area contributed by atoms with E-state index >= 15 is 0 Å². The zero-order valence-electron chi connectivity index (χ0n) is 10.00. The Balaban J connectivity index is 0.00000289. The van der Waals surface area contributed by atoms with Gasteiger partial charge in [-0.15, -0.1) is 0 Å². The molecular formula is C9H16NNaO5S2. The van der Waals surface area contributed by atoms with E-state index in [1.165, 1.54) is 26.8 Å². The number of thioether (sulfide) groups is 1. The summed E-state index contributed by atoms with van der Waals surface area (Å²) in [5.74, 6) is 0. The van der Waals surface area contributed by atoms with Gasteiger partial charge in [-0.2, -0.15) is 8.42 Å². The summed E-state index contributed by atoms with van der Waals surface area (Å²) in [7, 11) is -4.30. The molecule has 0 aromatic rings. The Bertz CT molecular complexity index is 491. The summed E-state index contributed by atoms with van der Waals surface area (Å²) in [5, 5.41) is 10.4. The van der Waals surface area contributed by atoms with Crippen LogP contribution in [0.5, 0.6) is 0 Å². The molecule has 6 nitrogen and oxygen atoms in total. The molecule has 3 atom stereocenters. The molecule has 0 saturated carbocycles. The van der Waals surface area contributed by atoms with E-state index in [0.29, 0.717) is 5.57 Å². The van der Waals surface area contributed by atoms with Crippen LogP contribution in [-0.2, 0) is 10.1 Å². The maximum atomic E-state index is 11.4. The Hall–Kier alpha value is 0.400. The third-order valence-electron chi connectivity index (χ3n) is 3.35. The van der Waals surface area contributed by atoms with Crippen molar-refractivity contribution in [1.82, 2.24) is 0 Å². The molecular weight excluding hydrogens is 289 g/mol. The van der Waals surface area contributed by atoms with E-state index in [4.69, 9.17) is 0 Å². The van der Waals surface area contributed by atoms with Crippen LogP contribution in [0.15, 0.2) is 11.6 Å². The molecule has 0 amide bonds. The first-order valence-electron chi connectivity index (χ1n) is 4.94. The first-order valence-corrected chi connectivity index (χ1v) is 7.26. The summed E-state index contributed by atoms with van der Waals surface area (Å²) < 4.78 is 30.5. The predicted octanol–water partition coefficient (Wildman–Crippen LogP) is 1.06. The van der Waals surface area contributed by atoms with Crippen molar-refractivity contribution in [3.05, 3.63) is 21.8 Å². The molecule has 18 heavy (non-hydrogen) atoms. The average molecular weight is 305 g/mol. The van der Waals surface area contributed by atoms with E-state index in [1.54, 1.807) is 6.92 Å². The summed E-state index contributed by atoms with van der Waals surface area (Å²) in [6.45, 7) is 5.86. The fourth-order valence-electron chi connectivity index (χ4n) is 1.71. The van der Waals surface area contributed by atoms with Gasteiger partial charge in [0, 0.05) is 22.7 Å². The third kappa shape index (κ3) is 2.78. The van der Waals surface area contributed by atoms with E-state index in [2.05, 4.69) is 0 Å². The van der Waals surface area contributed by atoms with Crippen molar-refractivity contribution < 1.29 is 17.9 Å². The number of hydrogen-bond donors (Lipinski definition) is 1. The number of rotatable bonds is 2. The van der Waals surface area contributed by atoms with Gasteiger partial charge in [0.15, 0.2) is 0 Å². The molecule has 1 heterocycles. The zero-order chi connectivity index (χ0) is 13.6. The van der Waals surface area contributed by atoms with Crippen molar-refractivity contribution in [2.75, 3.05) is 0 Å². The Kier molecular flexibility index (Phi) is 5.53. The van der Waals surface area contributed by atoms with Crippen molar-refractivity contribution >= 4 is 51.4 Å². The van der Waals surface area contributed by atoms with Crippen molar-refractivity contribution in [1.29, 1.82) is 0 Å². The SMILES string of the molecule is CC1=CC(C)(S(=O)(=O)O)C(C)SC1(C)[N+](=O)[O-].[NaH]. The van der Waals surface area contributed by atoms with Crippen LogP contribution in [0, 0.1) is 10.1 Å². The standard InChI is InChI=1S/C9H15NO5S2.Na.H/c1-6-5-8(3,17(13,14)15)7(2)16-9(6,4)10(11)12;;/h5,7H,1-4H3,(H,13,14,15);;. The molecule has 0 fully saturated rings.